The zero-order valence-corrected chi connectivity index (χ0v) is 31.3. The molecule has 0 N–H and O–H groups in total. The van der Waals surface area contributed by atoms with Crippen molar-refractivity contribution in [2.24, 2.45) is 0 Å². The van der Waals surface area contributed by atoms with E-state index in [1.807, 2.05) is 0 Å². The molecule has 9 aromatic rings. The van der Waals surface area contributed by atoms with Crippen LogP contribution in [0.3, 0.4) is 0 Å². The summed E-state index contributed by atoms with van der Waals surface area (Å²) in [5.41, 5.74) is 18.8. The third-order valence-corrected chi connectivity index (χ3v) is 11.8. The van der Waals surface area contributed by atoms with Crippen LogP contribution in [0, 0.1) is 0 Å². The van der Waals surface area contributed by atoms with Crippen molar-refractivity contribution in [1.29, 1.82) is 0 Å². The van der Waals surface area contributed by atoms with E-state index >= 15 is 0 Å². The second kappa shape index (κ2) is 13.4. The standard InChI is InChI=1S/C55H38N2/c1-4-20-39(21-5-1)40-22-18-23-41(38-40)44-28-11-15-34-50(44)56(42-24-6-2-7-25-42)53-37-19-33-49-54(53)45-29-10-12-30-46(45)55(49)47-31-13-16-35-51(47)57(43-26-8-3-9-27-43)52-36-17-14-32-48(52)55/h1-38H. The summed E-state index contributed by atoms with van der Waals surface area (Å²) in [5, 5.41) is 0. The van der Waals surface area contributed by atoms with Crippen LogP contribution in [0.5, 0.6) is 0 Å². The zero-order valence-electron chi connectivity index (χ0n) is 31.3. The van der Waals surface area contributed by atoms with E-state index in [4.69, 9.17) is 0 Å². The second-order valence-electron chi connectivity index (χ2n) is 14.8. The maximum Gasteiger partial charge on any atom is 0.0755 e. The molecule has 11 rings (SSSR count). The van der Waals surface area contributed by atoms with Crippen molar-refractivity contribution in [2.45, 2.75) is 5.41 Å². The topological polar surface area (TPSA) is 6.48 Å². The van der Waals surface area contributed by atoms with Crippen molar-refractivity contribution in [2.75, 3.05) is 9.80 Å². The van der Waals surface area contributed by atoms with Gasteiger partial charge in [0.1, 0.15) is 0 Å². The number of rotatable bonds is 6. The molecule has 1 spiro atoms. The van der Waals surface area contributed by atoms with E-state index in [0.717, 1.165) is 22.7 Å². The summed E-state index contributed by atoms with van der Waals surface area (Å²) in [6.45, 7) is 0. The maximum absolute atomic E-state index is 2.48. The predicted octanol–water partition coefficient (Wildman–Crippen LogP) is 14.6. The Morgan fingerprint density at radius 1 is 0.333 bits per heavy atom. The van der Waals surface area contributed by atoms with Gasteiger partial charge < -0.3 is 9.80 Å². The third kappa shape index (κ3) is 5.04. The number of fused-ring (bicyclic) bond motifs is 9. The summed E-state index contributed by atoms with van der Waals surface area (Å²) < 4.78 is 0. The quantitative estimate of drug-likeness (QED) is 0.168. The highest BCUT2D eigenvalue weighted by Gasteiger charge is 2.52. The Balaban J connectivity index is 1.19. The van der Waals surface area contributed by atoms with E-state index < -0.39 is 5.41 Å². The molecule has 1 aliphatic carbocycles. The first kappa shape index (κ1) is 33.0. The summed E-state index contributed by atoms with van der Waals surface area (Å²) in [6, 6.07) is 84.2. The summed E-state index contributed by atoms with van der Waals surface area (Å²) in [4.78, 5) is 4.92. The summed E-state index contributed by atoms with van der Waals surface area (Å²) in [5.74, 6) is 0. The van der Waals surface area contributed by atoms with Crippen LogP contribution in [-0.2, 0) is 5.41 Å². The average Bonchev–Trinajstić information content (AvgIpc) is 3.59. The van der Waals surface area contributed by atoms with E-state index in [-0.39, 0.29) is 0 Å². The van der Waals surface area contributed by atoms with Crippen LogP contribution >= 0.6 is 0 Å². The first-order chi connectivity index (χ1) is 28.3. The van der Waals surface area contributed by atoms with Crippen molar-refractivity contribution < 1.29 is 0 Å². The molecule has 0 radical (unpaired) electrons. The van der Waals surface area contributed by atoms with Gasteiger partial charge in [0.05, 0.1) is 28.2 Å². The lowest BCUT2D eigenvalue weighted by atomic mass is 9.64. The normalized spacial score (nSPS) is 13.0. The lowest BCUT2D eigenvalue weighted by molar-refractivity contribution is 0.752. The van der Waals surface area contributed by atoms with Gasteiger partial charge in [-0.05, 0) is 99.1 Å². The largest absolute Gasteiger partial charge is 0.310 e. The predicted molar refractivity (Wildman–Crippen MR) is 238 cm³/mol. The Bertz CT molecular complexity index is 2870. The molecule has 2 heteroatoms. The minimum absolute atomic E-state index is 0.549. The average molecular weight is 727 g/mol. The molecule has 2 aliphatic rings. The highest BCUT2D eigenvalue weighted by atomic mass is 15.2. The van der Waals surface area contributed by atoms with Crippen LogP contribution in [0.15, 0.2) is 231 Å². The molecule has 0 amide bonds. The van der Waals surface area contributed by atoms with Gasteiger partial charge in [-0.1, -0.05) is 176 Å². The van der Waals surface area contributed by atoms with Crippen molar-refractivity contribution in [3.63, 3.8) is 0 Å². The highest BCUT2D eigenvalue weighted by molar-refractivity contribution is 6.02. The Hall–Kier alpha value is -7.42. The van der Waals surface area contributed by atoms with Crippen LogP contribution in [0.1, 0.15) is 22.3 Å². The minimum Gasteiger partial charge on any atom is -0.310 e. The van der Waals surface area contributed by atoms with Crippen molar-refractivity contribution in [1.82, 2.24) is 0 Å². The number of para-hydroxylation sites is 5. The van der Waals surface area contributed by atoms with Crippen LogP contribution in [0.25, 0.3) is 33.4 Å². The monoisotopic (exact) mass is 726 g/mol. The molecule has 0 atom stereocenters. The molecule has 1 aliphatic heterocycles. The molecular formula is C55H38N2. The van der Waals surface area contributed by atoms with Gasteiger partial charge in [0.2, 0.25) is 0 Å². The molecule has 0 bridgehead atoms. The molecule has 0 aromatic heterocycles. The SMILES string of the molecule is c1ccc(-c2cccc(-c3ccccc3N(c3ccccc3)c3cccc4c3-c3ccccc3C43c4ccccc4N(c4ccccc4)c4ccccc43)c2)cc1. The molecule has 0 saturated carbocycles. The second-order valence-corrected chi connectivity index (χ2v) is 14.8. The molecule has 9 aromatic carbocycles. The van der Waals surface area contributed by atoms with Crippen molar-refractivity contribution >= 4 is 34.1 Å². The summed E-state index contributed by atoms with van der Waals surface area (Å²) in [6.07, 6.45) is 0. The summed E-state index contributed by atoms with van der Waals surface area (Å²) in [7, 11) is 0. The van der Waals surface area contributed by atoms with E-state index in [1.54, 1.807) is 0 Å². The highest BCUT2D eigenvalue weighted by Crippen LogP contribution is 2.65. The Labute approximate surface area is 334 Å². The lowest BCUT2D eigenvalue weighted by Gasteiger charge is -2.45. The van der Waals surface area contributed by atoms with E-state index in [2.05, 4.69) is 240 Å². The van der Waals surface area contributed by atoms with Crippen LogP contribution in [0.4, 0.5) is 34.1 Å². The van der Waals surface area contributed by atoms with E-state index in [9.17, 15) is 0 Å². The number of benzene rings is 9. The smallest absolute Gasteiger partial charge is 0.0755 e. The summed E-state index contributed by atoms with van der Waals surface area (Å²) >= 11 is 0. The zero-order chi connectivity index (χ0) is 37.8. The van der Waals surface area contributed by atoms with Crippen LogP contribution in [-0.4, -0.2) is 0 Å². The fourth-order valence-electron chi connectivity index (χ4n) is 9.57. The van der Waals surface area contributed by atoms with Crippen molar-refractivity contribution in [3.8, 4) is 33.4 Å². The van der Waals surface area contributed by atoms with E-state index in [0.29, 0.717) is 0 Å². The molecular weight excluding hydrogens is 689 g/mol. The van der Waals surface area contributed by atoms with E-state index in [1.165, 1.54) is 67.0 Å². The molecule has 2 nitrogen and oxygen atoms in total. The van der Waals surface area contributed by atoms with Gasteiger partial charge in [-0.15, -0.1) is 0 Å². The van der Waals surface area contributed by atoms with Gasteiger partial charge in [0, 0.05) is 22.5 Å². The van der Waals surface area contributed by atoms with Gasteiger partial charge in [-0.2, -0.15) is 0 Å². The van der Waals surface area contributed by atoms with Gasteiger partial charge in [-0.25, -0.2) is 0 Å². The molecule has 268 valence electrons. The number of hydrogen-bond acceptors (Lipinski definition) is 2. The van der Waals surface area contributed by atoms with Crippen LogP contribution in [0.2, 0.25) is 0 Å². The molecule has 0 saturated heterocycles. The van der Waals surface area contributed by atoms with Gasteiger partial charge in [0.15, 0.2) is 0 Å². The van der Waals surface area contributed by atoms with Gasteiger partial charge in [0.25, 0.3) is 0 Å². The minimum atomic E-state index is -0.549. The Kier molecular flexibility index (Phi) is 7.75. The maximum atomic E-state index is 2.48. The molecule has 0 unspecified atom stereocenters. The Morgan fingerprint density at radius 2 is 0.825 bits per heavy atom. The fourth-order valence-corrected chi connectivity index (χ4v) is 9.57. The number of nitrogens with zero attached hydrogens (tertiary/aromatic N) is 2. The first-order valence-corrected chi connectivity index (χ1v) is 19.7. The lowest BCUT2D eigenvalue weighted by Crippen LogP contribution is -2.36. The van der Waals surface area contributed by atoms with Gasteiger partial charge in [-0.3, -0.25) is 0 Å². The van der Waals surface area contributed by atoms with Crippen molar-refractivity contribution in [3.05, 3.63) is 253 Å². The third-order valence-electron chi connectivity index (χ3n) is 11.8. The number of anilines is 6. The first-order valence-electron chi connectivity index (χ1n) is 19.7. The van der Waals surface area contributed by atoms with Crippen LogP contribution < -0.4 is 9.80 Å². The molecule has 0 fully saturated rings. The molecule has 1 heterocycles. The van der Waals surface area contributed by atoms with Gasteiger partial charge >= 0.3 is 0 Å². The molecule has 57 heavy (non-hydrogen) atoms. The number of hydrogen-bond donors (Lipinski definition) is 0. The Morgan fingerprint density at radius 3 is 1.54 bits per heavy atom. The fraction of sp³-hybridized carbons (Fsp3) is 0.0182.